The van der Waals surface area contributed by atoms with Crippen LogP contribution >= 0.6 is 0 Å². The van der Waals surface area contributed by atoms with Crippen molar-refractivity contribution in [3.63, 3.8) is 0 Å². The van der Waals surface area contributed by atoms with Crippen LogP contribution in [0.15, 0.2) is 42.5 Å². The number of rotatable bonds is 8. The molecule has 3 aromatic rings. The van der Waals surface area contributed by atoms with Crippen molar-refractivity contribution in [3.8, 4) is 28.9 Å². The summed E-state index contributed by atoms with van der Waals surface area (Å²) in [4.78, 5) is 16.9. The van der Waals surface area contributed by atoms with E-state index in [-0.39, 0.29) is 0 Å². The molecular weight excluding hydrogens is 470 g/mol. The van der Waals surface area contributed by atoms with E-state index in [1.807, 2.05) is 30.3 Å². The minimum Gasteiger partial charge on any atom is -0.497 e. The lowest BCUT2D eigenvalue weighted by atomic mass is 10.1. The number of anilines is 1. The highest BCUT2D eigenvalue weighted by Crippen LogP contribution is 2.36. The minimum absolute atomic E-state index is 0.594. The van der Waals surface area contributed by atoms with Crippen LogP contribution < -0.4 is 23.8 Å². The van der Waals surface area contributed by atoms with E-state index in [2.05, 4.69) is 33.9 Å². The first-order chi connectivity index (χ1) is 18.1. The fourth-order valence-corrected chi connectivity index (χ4v) is 4.82. The highest BCUT2D eigenvalue weighted by Gasteiger charge is 2.27. The Balaban J connectivity index is 1.45. The van der Waals surface area contributed by atoms with Crippen LogP contribution in [0.5, 0.6) is 28.9 Å². The van der Waals surface area contributed by atoms with Crippen molar-refractivity contribution in [2.24, 2.45) is 0 Å². The topological polar surface area (TPSA) is 72.4 Å². The van der Waals surface area contributed by atoms with E-state index in [9.17, 15) is 0 Å². The molecule has 0 spiro atoms. The van der Waals surface area contributed by atoms with Gasteiger partial charge in [-0.2, -0.15) is 4.98 Å². The normalized spacial score (nSPS) is 16.3. The Kier molecular flexibility index (Phi) is 7.62. The van der Waals surface area contributed by atoms with Gasteiger partial charge in [-0.25, -0.2) is 4.98 Å². The van der Waals surface area contributed by atoms with Gasteiger partial charge in [-0.3, -0.25) is 4.90 Å². The Morgan fingerprint density at radius 1 is 0.811 bits per heavy atom. The minimum atomic E-state index is 0.594. The molecule has 3 heterocycles. The molecule has 1 saturated heterocycles. The molecule has 0 bridgehead atoms. The van der Waals surface area contributed by atoms with E-state index in [1.165, 1.54) is 0 Å². The molecule has 196 valence electrons. The Hall–Kier alpha value is -3.56. The molecule has 1 aromatic heterocycles. The summed E-state index contributed by atoms with van der Waals surface area (Å²) in [5.74, 6) is 4.22. The van der Waals surface area contributed by atoms with Gasteiger partial charge in [-0.15, -0.1) is 0 Å². The number of methoxy groups -OCH3 is 3. The molecule has 9 heteroatoms. The number of ether oxygens (including phenoxy) is 4. The molecule has 2 aliphatic rings. The first-order valence-corrected chi connectivity index (χ1v) is 12.6. The molecule has 1 fully saturated rings. The third-order valence-corrected chi connectivity index (χ3v) is 6.97. The second-order valence-corrected chi connectivity index (χ2v) is 9.48. The van der Waals surface area contributed by atoms with Crippen molar-refractivity contribution in [1.82, 2.24) is 19.8 Å². The summed E-state index contributed by atoms with van der Waals surface area (Å²) in [6.07, 6.45) is 0.821. The monoisotopic (exact) mass is 505 g/mol. The second kappa shape index (κ2) is 11.2. The van der Waals surface area contributed by atoms with Crippen molar-refractivity contribution in [2.75, 3.05) is 66.0 Å². The van der Waals surface area contributed by atoms with Crippen LogP contribution in [0.3, 0.4) is 0 Å². The summed E-state index contributed by atoms with van der Waals surface area (Å²) in [5, 5.41) is 0. The van der Waals surface area contributed by atoms with Crippen LogP contribution in [-0.4, -0.2) is 80.9 Å². The number of likely N-dealkylation sites (N-methyl/N-ethyl adjacent to an activating group) is 1. The van der Waals surface area contributed by atoms with E-state index < -0.39 is 0 Å². The van der Waals surface area contributed by atoms with E-state index in [4.69, 9.17) is 28.9 Å². The second-order valence-electron chi connectivity index (χ2n) is 9.48. The molecule has 37 heavy (non-hydrogen) atoms. The van der Waals surface area contributed by atoms with Crippen molar-refractivity contribution in [3.05, 3.63) is 59.3 Å². The maximum atomic E-state index is 6.44. The van der Waals surface area contributed by atoms with Crippen LogP contribution in [0.1, 0.15) is 16.8 Å². The van der Waals surface area contributed by atoms with Gasteiger partial charge in [0.1, 0.15) is 11.5 Å². The zero-order valence-electron chi connectivity index (χ0n) is 22.1. The number of fused-ring (bicyclic) bond motifs is 1. The fourth-order valence-electron chi connectivity index (χ4n) is 4.82. The van der Waals surface area contributed by atoms with Gasteiger partial charge in [0, 0.05) is 58.3 Å². The fraction of sp³-hybridized carbons (Fsp3) is 0.429. The number of aromatic nitrogens is 2. The lowest BCUT2D eigenvalue weighted by molar-refractivity contribution is 0.237. The smallest absolute Gasteiger partial charge is 0.229 e. The largest absolute Gasteiger partial charge is 0.497 e. The predicted octanol–water partition coefficient (Wildman–Crippen LogP) is 3.60. The highest BCUT2D eigenvalue weighted by atomic mass is 16.5. The van der Waals surface area contributed by atoms with E-state index in [0.717, 1.165) is 80.0 Å². The van der Waals surface area contributed by atoms with Gasteiger partial charge in [-0.1, -0.05) is 12.1 Å². The van der Waals surface area contributed by atoms with Crippen LogP contribution in [0.4, 0.5) is 5.95 Å². The number of benzene rings is 2. The molecule has 0 saturated carbocycles. The Labute approximate surface area is 218 Å². The number of hydrogen-bond acceptors (Lipinski definition) is 9. The van der Waals surface area contributed by atoms with Crippen molar-refractivity contribution in [1.29, 1.82) is 0 Å². The first kappa shape index (κ1) is 25.1. The third kappa shape index (κ3) is 5.73. The average molecular weight is 506 g/mol. The molecule has 0 N–H and O–H groups in total. The summed E-state index contributed by atoms with van der Waals surface area (Å²) >= 11 is 0. The van der Waals surface area contributed by atoms with Crippen LogP contribution in [0, 0.1) is 0 Å². The van der Waals surface area contributed by atoms with Gasteiger partial charge in [-0.05, 0) is 36.9 Å². The van der Waals surface area contributed by atoms with Crippen molar-refractivity contribution in [2.45, 2.75) is 19.5 Å². The standard InChI is InChI=1S/C28H35N5O4/c1-31-11-13-33(14-12-31)28-29-24-9-10-32(18-20-15-21(34-2)17-22(16-20)35-3)19-23(24)27(30-28)37-26-8-6-5-7-25(26)36-4/h5-8,15-17H,9-14,18-19H2,1-4H3. The van der Waals surface area contributed by atoms with Crippen molar-refractivity contribution >= 4 is 5.95 Å². The Morgan fingerprint density at radius 2 is 1.51 bits per heavy atom. The summed E-state index contributed by atoms with van der Waals surface area (Å²) in [6, 6.07) is 13.7. The molecule has 0 atom stereocenters. The zero-order chi connectivity index (χ0) is 25.8. The molecule has 0 aliphatic carbocycles. The molecule has 2 aliphatic heterocycles. The molecular formula is C28H35N5O4. The molecule has 0 radical (unpaired) electrons. The summed E-state index contributed by atoms with van der Waals surface area (Å²) in [7, 11) is 7.14. The van der Waals surface area contributed by atoms with Gasteiger partial charge in [0.2, 0.25) is 11.8 Å². The lowest BCUT2D eigenvalue weighted by Gasteiger charge is -2.34. The number of para-hydroxylation sites is 2. The maximum Gasteiger partial charge on any atom is 0.229 e. The molecule has 0 amide bonds. The van der Waals surface area contributed by atoms with E-state index in [0.29, 0.717) is 23.9 Å². The summed E-state index contributed by atoms with van der Waals surface area (Å²) < 4.78 is 22.9. The number of piperazine rings is 1. The summed E-state index contributed by atoms with van der Waals surface area (Å²) in [6.45, 7) is 6.09. The quantitative estimate of drug-likeness (QED) is 0.457. The van der Waals surface area contributed by atoms with Crippen LogP contribution in [0.2, 0.25) is 0 Å². The third-order valence-electron chi connectivity index (χ3n) is 6.97. The number of nitrogens with zero attached hydrogens (tertiary/aromatic N) is 5. The highest BCUT2D eigenvalue weighted by molar-refractivity contribution is 5.47. The SMILES string of the molecule is COc1cc(CN2CCc3nc(N4CCN(C)CC4)nc(Oc4ccccc4OC)c3C2)cc(OC)c1. The molecule has 2 aromatic carbocycles. The maximum absolute atomic E-state index is 6.44. The average Bonchev–Trinajstić information content (AvgIpc) is 2.93. The van der Waals surface area contributed by atoms with E-state index >= 15 is 0 Å². The van der Waals surface area contributed by atoms with Crippen LogP contribution in [-0.2, 0) is 19.5 Å². The van der Waals surface area contributed by atoms with Crippen molar-refractivity contribution < 1.29 is 18.9 Å². The van der Waals surface area contributed by atoms with E-state index in [1.54, 1.807) is 21.3 Å². The summed E-state index contributed by atoms with van der Waals surface area (Å²) in [5.41, 5.74) is 3.19. The molecule has 0 unspecified atom stereocenters. The molecule has 9 nitrogen and oxygen atoms in total. The zero-order valence-corrected chi connectivity index (χ0v) is 22.1. The van der Waals surface area contributed by atoms with Gasteiger partial charge in [0.15, 0.2) is 11.5 Å². The Bertz CT molecular complexity index is 1210. The number of hydrogen-bond donors (Lipinski definition) is 0. The van der Waals surface area contributed by atoms with Gasteiger partial charge >= 0.3 is 0 Å². The van der Waals surface area contributed by atoms with Gasteiger partial charge < -0.3 is 28.7 Å². The van der Waals surface area contributed by atoms with Crippen LogP contribution in [0.25, 0.3) is 0 Å². The van der Waals surface area contributed by atoms with Gasteiger partial charge in [0.05, 0.1) is 32.6 Å². The lowest BCUT2D eigenvalue weighted by Crippen LogP contribution is -2.45. The Morgan fingerprint density at radius 3 is 2.19 bits per heavy atom. The predicted molar refractivity (Wildman–Crippen MR) is 142 cm³/mol. The molecule has 5 rings (SSSR count). The van der Waals surface area contributed by atoms with Gasteiger partial charge in [0.25, 0.3) is 0 Å². The first-order valence-electron chi connectivity index (χ1n) is 12.6.